The van der Waals surface area contributed by atoms with Crippen molar-refractivity contribution >= 4 is 21.6 Å². The monoisotopic (exact) mass is 344 g/mol. The lowest BCUT2D eigenvalue weighted by atomic mass is 10.0. The van der Waals surface area contributed by atoms with Gasteiger partial charge < -0.3 is 10.1 Å². The molecule has 6 nitrogen and oxygen atoms in total. The zero-order valence-electron chi connectivity index (χ0n) is 12.8. The second-order valence-electron chi connectivity index (χ2n) is 5.98. The van der Waals surface area contributed by atoms with Crippen LogP contribution in [0.1, 0.15) is 11.1 Å². The third-order valence-corrected chi connectivity index (χ3v) is 5.73. The van der Waals surface area contributed by atoms with Gasteiger partial charge in [-0.15, -0.1) is 0 Å². The number of nitrogens with one attached hydrogen (secondary N) is 2. The molecule has 0 bridgehead atoms. The molecular formula is C17H16N2O4S. The molecule has 2 aliphatic heterocycles. The number of para-hydroxylation sites is 1. The Morgan fingerprint density at radius 2 is 1.96 bits per heavy atom. The van der Waals surface area contributed by atoms with Crippen LogP contribution < -0.4 is 14.8 Å². The summed E-state index contributed by atoms with van der Waals surface area (Å²) in [4.78, 5) is 11.6. The zero-order chi connectivity index (χ0) is 16.7. The van der Waals surface area contributed by atoms with Crippen LogP contribution in [0.15, 0.2) is 47.4 Å². The molecular weight excluding hydrogens is 328 g/mol. The highest BCUT2D eigenvalue weighted by Gasteiger charge is 2.27. The van der Waals surface area contributed by atoms with E-state index in [4.69, 9.17) is 4.74 Å². The first-order valence-corrected chi connectivity index (χ1v) is 9.15. The fraction of sp³-hybridized carbons (Fsp3) is 0.235. The van der Waals surface area contributed by atoms with E-state index in [0.717, 1.165) is 11.3 Å². The molecule has 2 N–H and O–H groups in total. The van der Waals surface area contributed by atoms with Crippen molar-refractivity contribution in [2.24, 2.45) is 0 Å². The van der Waals surface area contributed by atoms with Gasteiger partial charge in [-0.05, 0) is 41.8 Å². The van der Waals surface area contributed by atoms with E-state index in [9.17, 15) is 13.2 Å². The molecule has 2 aliphatic rings. The Hall–Kier alpha value is -2.38. The standard InChI is InChI=1S/C17H16N2O4S/c20-17-9-12-8-14(5-6-15(12)18-17)24(21,22)19-13-7-11-3-1-2-4-16(11)23-10-13/h1-6,8,13,19H,7,9-10H2,(H,18,20). The largest absolute Gasteiger partial charge is 0.492 e. The molecule has 1 amide bonds. The second-order valence-corrected chi connectivity index (χ2v) is 7.70. The van der Waals surface area contributed by atoms with Crippen molar-refractivity contribution in [3.05, 3.63) is 53.6 Å². The number of carbonyl (C=O) groups excluding carboxylic acids is 1. The number of ether oxygens (including phenoxy) is 1. The van der Waals surface area contributed by atoms with Gasteiger partial charge in [0.25, 0.3) is 0 Å². The second kappa shape index (κ2) is 5.61. The predicted molar refractivity (Wildman–Crippen MR) is 88.5 cm³/mol. The average molecular weight is 344 g/mol. The Morgan fingerprint density at radius 1 is 1.12 bits per heavy atom. The van der Waals surface area contributed by atoms with Crippen molar-refractivity contribution in [2.75, 3.05) is 11.9 Å². The lowest BCUT2D eigenvalue weighted by Crippen LogP contribution is -2.42. The Labute approximate surface area is 139 Å². The van der Waals surface area contributed by atoms with Crippen molar-refractivity contribution in [2.45, 2.75) is 23.8 Å². The van der Waals surface area contributed by atoms with Crippen molar-refractivity contribution in [3.8, 4) is 5.75 Å². The molecule has 1 atom stereocenters. The van der Waals surface area contributed by atoms with Gasteiger partial charge in [-0.25, -0.2) is 13.1 Å². The fourth-order valence-corrected chi connectivity index (χ4v) is 4.33. The zero-order valence-corrected chi connectivity index (χ0v) is 13.6. The summed E-state index contributed by atoms with van der Waals surface area (Å²) in [6, 6.07) is 12.0. The summed E-state index contributed by atoms with van der Waals surface area (Å²) in [5.41, 5.74) is 2.36. The highest BCUT2D eigenvalue weighted by Crippen LogP contribution is 2.27. The molecule has 2 heterocycles. The summed E-state index contributed by atoms with van der Waals surface area (Å²) in [7, 11) is -3.67. The van der Waals surface area contributed by atoms with E-state index in [1.54, 1.807) is 12.1 Å². The van der Waals surface area contributed by atoms with Gasteiger partial charge in [-0.2, -0.15) is 0 Å². The van der Waals surface area contributed by atoms with Gasteiger partial charge in [0.2, 0.25) is 15.9 Å². The Morgan fingerprint density at radius 3 is 2.83 bits per heavy atom. The summed E-state index contributed by atoms with van der Waals surface area (Å²) in [5, 5.41) is 2.69. The van der Waals surface area contributed by atoms with Gasteiger partial charge in [-0.1, -0.05) is 18.2 Å². The van der Waals surface area contributed by atoms with Gasteiger partial charge in [0.05, 0.1) is 17.4 Å². The van der Waals surface area contributed by atoms with Crippen LogP contribution in [0.25, 0.3) is 0 Å². The van der Waals surface area contributed by atoms with Crippen LogP contribution >= 0.6 is 0 Å². The van der Waals surface area contributed by atoms with Crippen molar-refractivity contribution < 1.29 is 17.9 Å². The van der Waals surface area contributed by atoms with Gasteiger partial charge in [0.1, 0.15) is 12.4 Å². The number of hydrogen-bond acceptors (Lipinski definition) is 4. The van der Waals surface area contributed by atoms with Crippen LogP contribution in [0.4, 0.5) is 5.69 Å². The number of amides is 1. The van der Waals surface area contributed by atoms with E-state index in [2.05, 4.69) is 10.0 Å². The quantitative estimate of drug-likeness (QED) is 0.883. The number of anilines is 1. The minimum atomic E-state index is -3.67. The lowest BCUT2D eigenvalue weighted by molar-refractivity contribution is -0.115. The van der Waals surface area contributed by atoms with Crippen LogP contribution in [0, 0.1) is 0 Å². The number of carbonyl (C=O) groups is 1. The molecule has 1 unspecified atom stereocenters. The number of rotatable bonds is 3. The molecule has 0 spiro atoms. The molecule has 124 valence electrons. The van der Waals surface area contributed by atoms with Crippen LogP contribution in [-0.4, -0.2) is 27.0 Å². The summed E-state index contributed by atoms with van der Waals surface area (Å²) < 4.78 is 33.6. The first-order chi connectivity index (χ1) is 11.5. The van der Waals surface area contributed by atoms with Crippen molar-refractivity contribution in [1.29, 1.82) is 0 Å². The minimum Gasteiger partial charge on any atom is -0.492 e. The Bertz CT molecular complexity index is 924. The molecule has 0 fully saturated rings. The van der Waals surface area contributed by atoms with Crippen LogP contribution in [-0.2, 0) is 27.7 Å². The Kier molecular flexibility index (Phi) is 3.54. The normalized spacial score (nSPS) is 19.2. The highest BCUT2D eigenvalue weighted by molar-refractivity contribution is 7.89. The summed E-state index contributed by atoms with van der Waals surface area (Å²) >= 11 is 0. The van der Waals surface area contributed by atoms with E-state index < -0.39 is 10.0 Å². The predicted octanol–water partition coefficient (Wildman–Crippen LogP) is 1.46. The highest BCUT2D eigenvalue weighted by atomic mass is 32.2. The van der Waals surface area contributed by atoms with Crippen LogP contribution in [0.2, 0.25) is 0 Å². The Balaban J connectivity index is 1.54. The van der Waals surface area contributed by atoms with Crippen molar-refractivity contribution in [3.63, 3.8) is 0 Å². The smallest absolute Gasteiger partial charge is 0.240 e. The lowest BCUT2D eigenvalue weighted by Gasteiger charge is -2.25. The average Bonchev–Trinajstić information content (AvgIpc) is 2.93. The number of sulfonamides is 1. The van der Waals surface area contributed by atoms with Crippen molar-refractivity contribution in [1.82, 2.24) is 4.72 Å². The third kappa shape index (κ3) is 2.76. The SMILES string of the molecule is O=C1Cc2cc(S(=O)(=O)NC3COc4ccccc4C3)ccc2N1. The first-order valence-electron chi connectivity index (χ1n) is 7.67. The van der Waals surface area contributed by atoms with E-state index >= 15 is 0 Å². The maximum atomic E-state index is 12.6. The van der Waals surface area contributed by atoms with Gasteiger partial charge >= 0.3 is 0 Å². The van der Waals surface area contributed by atoms with E-state index in [-0.39, 0.29) is 23.3 Å². The number of hydrogen-bond donors (Lipinski definition) is 2. The summed E-state index contributed by atoms with van der Waals surface area (Å²) in [5.74, 6) is 0.680. The molecule has 2 aromatic rings. The fourth-order valence-electron chi connectivity index (χ4n) is 3.06. The van der Waals surface area contributed by atoms with Gasteiger partial charge in [0.15, 0.2) is 0 Å². The molecule has 0 aromatic heterocycles. The molecule has 0 saturated heterocycles. The third-order valence-electron chi connectivity index (χ3n) is 4.21. The molecule has 0 aliphatic carbocycles. The summed E-state index contributed by atoms with van der Waals surface area (Å²) in [6.45, 7) is 0.293. The maximum absolute atomic E-state index is 12.6. The topological polar surface area (TPSA) is 84.5 Å². The molecule has 2 aromatic carbocycles. The number of fused-ring (bicyclic) bond motifs is 2. The minimum absolute atomic E-state index is 0.121. The van der Waals surface area contributed by atoms with E-state index in [1.807, 2.05) is 24.3 Å². The maximum Gasteiger partial charge on any atom is 0.240 e. The van der Waals surface area contributed by atoms with Crippen LogP contribution in [0.3, 0.4) is 0 Å². The molecule has 24 heavy (non-hydrogen) atoms. The number of benzene rings is 2. The van der Waals surface area contributed by atoms with Gasteiger partial charge in [0, 0.05) is 5.69 Å². The molecule has 4 rings (SSSR count). The molecule has 7 heteroatoms. The first kappa shape index (κ1) is 15.2. The molecule has 0 radical (unpaired) electrons. The van der Waals surface area contributed by atoms with Gasteiger partial charge in [-0.3, -0.25) is 4.79 Å². The van der Waals surface area contributed by atoms with E-state index in [1.165, 1.54) is 6.07 Å². The van der Waals surface area contributed by atoms with Crippen LogP contribution in [0.5, 0.6) is 5.75 Å². The van der Waals surface area contributed by atoms with E-state index in [0.29, 0.717) is 24.3 Å². The summed E-state index contributed by atoms with van der Waals surface area (Å²) in [6.07, 6.45) is 0.791. The molecule has 0 saturated carbocycles.